The van der Waals surface area contributed by atoms with E-state index < -0.39 is 0 Å². The fourth-order valence-electron chi connectivity index (χ4n) is 3.59. The van der Waals surface area contributed by atoms with Crippen LogP contribution in [0.2, 0.25) is 0 Å². The van der Waals surface area contributed by atoms with Crippen LogP contribution in [0.1, 0.15) is 24.0 Å². The van der Waals surface area contributed by atoms with Gasteiger partial charge in [-0.2, -0.15) is 0 Å². The average molecular weight is 538 g/mol. The number of rotatable bonds is 8. The highest BCUT2D eigenvalue weighted by Gasteiger charge is 2.20. The van der Waals surface area contributed by atoms with Crippen molar-refractivity contribution in [1.82, 2.24) is 15.5 Å². The molecule has 1 fully saturated rings. The first-order chi connectivity index (χ1) is 14.7. The van der Waals surface area contributed by atoms with E-state index in [0.717, 1.165) is 55.3 Å². The number of nitrogens with one attached hydrogen (secondary N) is 2. The molecule has 5 nitrogen and oxygen atoms in total. The lowest BCUT2D eigenvalue weighted by atomic mass is 10.0. The van der Waals surface area contributed by atoms with E-state index in [4.69, 9.17) is 4.74 Å². The number of benzene rings is 2. The van der Waals surface area contributed by atoms with Crippen LogP contribution in [0.25, 0.3) is 0 Å². The Labute approximate surface area is 201 Å². The fourth-order valence-corrected chi connectivity index (χ4v) is 3.59. The maximum absolute atomic E-state index is 13.1. The van der Waals surface area contributed by atoms with Gasteiger partial charge in [0.2, 0.25) is 0 Å². The van der Waals surface area contributed by atoms with Crippen LogP contribution in [0.5, 0.6) is 5.75 Å². The Kier molecular flexibility index (Phi) is 10.8. The van der Waals surface area contributed by atoms with Gasteiger partial charge in [0.05, 0.1) is 0 Å². The predicted molar refractivity (Wildman–Crippen MR) is 136 cm³/mol. The summed E-state index contributed by atoms with van der Waals surface area (Å²) >= 11 is 0. The number of aliphatic imine (C=N–C) groups is 1. The molecule has 31 heavy (non-hydrogen) atoms. The summed E-state index contributed by atoms with van der Waals surface area (Å²) in [5, 5.41) is 6.93. The second kappa shape index (κ2) is 13.3. The first kappa shape index (κ1) is 25.1. The fraction of sp³-hybridized carbons (Fsp3) is 0.375. The molecule has 2 aromatic carbocycles. The molecule has 1 aliphatic heterocycles. The number of hydrogen-bond donors (Lipinski definition) is 2. The van der Waals surface area contributed by atoms with Crippen LogP contribution >= 0.6 is 24.0 Å². The predicted octanol–water partition coefficient (Wildman–Crippen LogP) is 4.34. The molecule has 1 saturated heterocycles. The molecule has 0 spiro atoms. The molecule has 0 radical (unpaired) electrons. The van der Waals surface area contributed by atoms with Crippen molar-refractivity contribution in [2.24, 2.45) is 4.99 Å². The van der Waals surface area contributed by atoms with Crippen LogP contribution in [0.15, 0.2) is 66.2 Å². The number of halogens is 2. The quantitative estimate of drug-likeness (QED) is 0.227. The Morgan fingerprint density at radius 1 is 1.19 bits per heavy atom. The molecular formula is C24H32FIN4O. The molecule has 1 heterocycles. The molecule has 0 aromatic heterocycles. The molecule has 2 aromatic rings. The Morgan fingerprint density at radius 2 is 1.90 bits per heavy atom. The second-order valence-corrected chi connectivity index (χ2v) is 7.45. The Hall–Kier alpha value is -2.13. The monoisotopic (exact) mass is 538 g/mol. The Bertz CT molecular complexity index is 836. The average Bonchev–Trinajstić information content (AvgIpc) is 2.78. The lowest BCUT2D eigenvalue weighted by Crippen LogP contribution is -2.48. The number of nitrogens with zero attached hydrogens (tertiary/aromatic N) is 2. The lowest BCUT2D eigenvalue weighted by Gasteiger charge is -2.33. The maximum atomic E-state index is 13.1. The molecule has 168 valence electrons. The minimum absolute atomic E-state index is 0. The van der Waals surface area contributed by atoms with E-state index in [1.165, 1.54) is 12.1 Å². The van der Waals surface area contributed by atoms with Gasteiger partial charge in [-0.1, -0.05) is 43.0 Å². The highest BCUT2D eigenvalue weighted by Crippen LogP contribution is 2.18. The highest BCUT2D eigenvalue weighted by molar-refractivity contribution is 14.0. The third kappa shape index (κ3) is 8.14. The van der Waals surface area contributed by atoms with Crippen molar-refractivity contribution >= 4 is 29.9 Å². The SMILES string of the molecule is C=CCOc1ccccc1CNC(=NC)NC1CCN(Cc2ccc(F)cc2)CC1.I. The zero-order valence-electron chi connectivity index (χ0n) is 18.0. The van der Waals surface area contributed by atoms with Crippen molar-refractivity contribution in [1.29, 1.82) is 0 Å². The minimum atomic E-state index is -0.185. The molecule has 0 amide bonds. The van der Waals surface area contributed by atoms with Crippen LogP contribution in [0, 0.1) is 5.82 Å². The summed E-state index contributed by atoms with van der Waals surface area (Å²) in [6.45, 7) is 7.69. The molecule has 0 unspecified atom stereocenters. The molecule has 0 bridgehead atoms. The first-order valence-electron chi connectivity index (χ1n) is 10.4. The number of likely N-dealkylation sites (tertiary alicyclic amines) is 1. The van der Waals surface area contributed by atoms with E-state index in [0.29, 0.717) is 19.2 Å². The summed E-state index contributed by atoms with van der Waals surface area (Å²) in [5.74, 6) is 1.47. The summed E-state index contributed by atoms with van der Waals surface area (Å²) < 4.78 is 18.8. The zero-order valence-corrected chi connectivity index (χ0v) is 20.3. The van der Waals surface area contributed by atoms with Crippen molar-refractivity contribution < 1.29 is 9.13 Å². The van der Waals surface area contributed by atoms with Crippen molar-refractivity contribution in [2.75, 3.05) is 26.7 Å². The number of ether oxygens (including phenoxy) is 1. The van der Waals surface area contributed by atoms with Crippen molar-refractivity contribution in [2.45, 2.75) is 32.0 Å². The van der Waals surface area contributed by atoms with Crippen LogP contribution in [0.4, 0.5) is 4.39 Å². The summed E-state index contributed by atoms with van der Waals surface area (Å²) in [4.78, 5) is 6.78. The van der Waals surface area contributed by atoms with Gasteiger partial charge in [-0.15, -0.1) is 24.0 Å². The largest absolute Gasteiger partial charge is 0.489 e. The van der Waals surface area contributed by atoms with Gasteiger partial charge in [0.1, 0.15) is 18.2 Å². The summed E-state index contributed by atoms with van der Waals surface area (Å²) in [6, 6.07) is 15.1. The third-order valence-corrected chi connectivity index (χ3v) is 5.25. The van der Waals surface area contributed by atoms with Gasteiger partial charge < -0.3 is 15.4 Å². The van der Waals surface area contributed by atoms with Gasteiger partial charge in [-0.25, -0.2) is 4.39 Å². The minimum Gasteiger partial charge on any atom is -0.489 e. The smallest absolute Gasteiger partial charge is 0.191 e. The standard InChI is InChI=1S/C24H31FN4O.HI/c1-3-16-30-23-7-5-4-6-20(23)17-27-24(26-2)28-22-12-14-29(15-13-22)18-19-8-10-21(25)11-9-19;/h3-11,22H,1,12-18H2,2H3,(H2,26,27,28);1H. The topological polar surface area (TPSA) is 48.9 Å². The third-order valence-electron chi connectivity index (χ3n) is 5.25. The van der Waals surface area contributed by atoms with Gasteiger partial charge in [0, 0.05) is 44.8 Å². The highest BCUT2D eigenvalue weighted by atomic mass is 127. The molecule has 7 heteroatoms. The van der Waals surface area contributed by atoms with Crippen LogP contribution in [0.3, 0.4) is 0 Å². The Morgan fingerprint density at radius 3 is 2.58 bits per heavy atom. The van der Waals surface area contributed by atoms with E-state index >= 15 is 0 Å². The summed E-state index contributed by atoms with van der Waals surface area (Å²) in [7, 11) is 1.79. The summed E-state index contributed by atoms with van der Waals surface area (Å²) in [5.41, 5.74) is 2.23. The van der Waals surface area contributed by atoms with Gasteiger partial charge in [-0.05, 0) is 36.6 Å². The van der Waals surface area contributed by atoms with Gasteiger partial charge in [0.25, 0.3) is 0 Å². The van der Waals surface area contributed by atoms with E-state index in [-0.39, 0.29) is 29.8 Å². The molecule has 2 N–H and O–H groups in total. The van der Waals surface area contributed by atoms with E-state index in [9.17, 15) is 4.39 Å². The van der Waals surface area contributed by atoms with Crippen molar-refractivity contribution in [3.63, 3.8) is 0 Å². The first-order valence-corrected chi connectivity index (χ1v) is 10.4. The van der Waals surface area contributed by atoms with Crippen molar-refractivity contribution in [3.05, 3.63) is 78.1 Å². The maximum Gasteiger partial charge on any atom is 0.191 e. The lowest BCUT2D eigenvalue weighted by molar-refractivity contribution is 0.198. The number of guanidine groups is 1. The molecular weight excluding hydrogens is 506 g/mol. The second-order valence-electron chi connectivity index (χ2n) is 7.45. The molecule has 0 atom stereocenters. The molecule has 0 aliphatic carbocycles. The van der Waals surface area contributed by atoms with Crippen LogP contribution < -0.4 is 15.4 Å². The summed E-state index contributed by atoms with van der Waals surface area (Å²) in [6.07, 6.45) is 3.83. The van der Waals surface area contributed by atoms with Gasteiger partial charge in [-0.3, -0.25) is 9.89 Å². The number of piperidine rings is 1. The normalized spacial score (nSPS) is 15.1. The zero-order chi connectivity index (χ0) is 21.2. The Balaban J connectivity index is 0.00000341. The molecule has 0 saturated carbocycles. The van der Waals surface area contributed by atoms with Gasteiger partial charge >= 0.3 is 0 Å². The molecule has 1 aliphatic rings. The van der Waals surface area contributed by atoms with E-state index in [1.807, 2.05) is 36.4 Å². The van der Waals surface area contributed by atoms with E-state index in [2.05, 4.69) is 27.1 Å². The van der Waals surface area contributed by atoms with Crippen LogP contribution in [-0.4, -0.2) is 43.6 Å². The molecule has 3 rings (SSSR count). The van der Waals surface area contributed by atoms with E-state index in [1.54, 1.807) is 13.1 Å². The number of hydrogen-bond acceptors (Lipinski definition) is 3. The van der Waals surface area contributed by atoms with Crippen LogP contribution in [-0.2, 0) is 13.1 Å². The van der Waals surface area contributed by atoms with Gasteiger partial charge in [0.15, 0.2) is 5.96 Å². The number of para-hydroxylation sites is 1. The van der Waals surface area contributed by atoms with Crippen molar-refractivity contribution in [3.8, 4) is 5.75 Å².